The van der Waals surface area contributed by atoms with Crippen LogP contribution in [0.5, 0.6) is 0 Å². The van der Waals surface area contributed by atoms with Gasteiger partial charge in [-0.1, -0.05) is 6.92 Å². The van der Waals surface area contributed by atoms with Gasteiger partial charge < -0.3 is 10.1 Å². The van der Waals surface area contributed by atoms with Gasteiger partial charge in [-0.05, 0) is 26.2 Å². The summed E-state index contributed by atoms with van der Waals surface area (Å²) < 4.78 is 18.1. The van der Waals surface area contributed by atoms with Crippen LogP contribution in [0.2, 0.25) is 0 Å². The Morgan fingerprint density at radius 3 is 2.69 bits per heavy atom. The maximum absolute atomic E-state index is 12.8. The Labute approximate surface area is 96.7 Å². The number of carbonyl (C=O) groups excluding carboxylic acids is 1. The number of ether oxygens (including phenoxy) is 1. The number of hydrogen-bond acceptors (Lipinski definition) is 3. The van der Waals surface area contributed by atoms with Gasteiger partial charge in [-0.15, -0.1) is 0 Å². The number of halogens is 1. The van der Waals surface area contributed by atoms with E-state index in [0.717, 1.165) is 0 Å². The van der Waals surface area contributed by atoms with Gasteiger partial charge in [-0.2, -0.15) is 0 Å². The fourth-order valence-electron chi connectivity index (χ4n) is 2.08. The first-order chi connectivity index (χ1) is 7.27. The molecule has 1 aliphatic heterocycles. The van der Waals surface area contributed by atoms with E-state index < -0.39 is 5.60 Å². The van der Waals surface area contributed by atoms with E-state index in [1.165, 1.54) is 0 Å². The van der Waals surface area contributed by atoms with Gasteiger partial charge in [-0.3, -0.25) is 9.18 Å². The van der Waals surface area contributed by atoms with Crippen LogP contribution in [-0.4, -0.2) is 31.3 Å². The van der Waals surface area contributed by atoms with Crippen LogP contribution in [0.3, 0.4) is 0 Å². The third-order valence-electron chi connectivity index (χ3n) is 3.06. The Hall–Kier alpha value is -0.640. The quantitative estimate of drug-likeness (QED) is 0.754. The predicted octanol–water partition coefficient (Wildman–Crippen LogP) is 1.91. The molecular weight excluding hydrogens is 209 g/mol. The average molecular weight is 231 g/mol. The highest BCUT2D eigenvalue weighted by atomic mass is 19.1. The molecular formula is C12H22FNO2. The van der Waals surface area contributed by atoms with E-state index in [2.05, 4.69) is 5.32 Å². The second-order valence-electron chi connectivity index (χ2n) is 5.90. The zero-order chi connectivity index (χ0) is 12.4. The smallest absolute Gasteiger partial charge is 0.306 e. The lowest BCUT2D eigenvalue weighted by Crippen LogP contribution is -2.34. The minimum atomic E-state index is -0.468. The first kappa shape index (κ1) is 13.4. The van der Waals surface area contributed by atoms with Gasteiger partial charge in [0.1, 0.15) is 5.60 Å². The summed E-state index contributed by atoms with van der Waals surface area (Å²) in [6, 6.07) is 0. The Bertz CT molecular complexity index is 262. The second kappa shape index (κ2) is 4.70. The minimum Gasteiger partial charge on any atom is -0.460 e. The molecule has 0 aliphatic carbocycles. The molecule has 1 saturated heterocycles. The molecule has 2 atom stereocenters. The number of nitrogens with one attached hydrogen (secondary N) is 1. The van der Waals surface area contributed by atoms with Gasteiger partial charge >= 0.3 is 5.97 Å². The van der Waals surface area contributed by atoms with E-state index >= 15 is 0 Å². The van der Waals surface area contributed by atoms with Crippen molar-refractivity contribution in [3.8, 4) is 0 Å². The van der Waals surface area contributed by atoms with E-state index in [4.69, 9.17) is 4.74 Å². The molecule has 16 heavy (non-hydrogen) atoms. The standard InChI is InChI=1S/C12H22FNO2/c1-11(2,3)16-10(15)5-12(4)8-14-7-9(12)6-13/h9,14H,5-8H2,1-4H3/t9-,12-/m1/s1. The molecule has 94 valence electrons. The molecule has 1 N–H and O–H groups in total. The molecule has 1 aliphatic rings. The van der Waals surface area contributed by atoms with Crippen molar-refractivity contribution in [2.75, 3.05) is 19.8 Å². The lowest BCUT2D eigenvalue weighted by molar-refractivity contribution is -0.157. The topological polar surface area (TPSA) is 38.3 Å². The predicted molar refractivity (Wildman–Crippen MR) is 60.9 cm³/mol. The van der Waals surface area contributed by atoms with Crippen molar-refractivity contribution in [2.45, 2.75) is 39.7 Å². The summed E-state index contributed by atoms with van der Waals surface area (Å²) in [7, 11) is 0. The van der Waals surface area contributed by atoms with E-state index in [1.54, 1.807) is 0 Å². The summed E-state index contributed by atoms with van der Waals surface area (Å²) in [6.07, 6.45) is 0.284. The summed E-state index contributed by atoms with van der Waals surface area (Å²) in [6.45, 7) is 8.41. The number of carbonyl (C=O) groups is 1. The first-order valence-electron chi connectivity index (χ1n) is 5.75. The van der Waals surface area contributed by atoms with Gasteiger partial charge in [-0.25, -0.2) is 0 Å². The number of hydrogen-bond donors (Lipinski definition) is 1. The summed E-state index contributed by atoms with van der Waals surface area (Å²) in [5.74, 6) is -0.322. The molecule has 0 bridgehead atoms. The molecule has 0 radical (unpaired) electrons. The van der Waals surface area contributed by atoms with Crippen molar-refractivity contribution in [3.63, 3.8) is 0 Å². The van der Waals surface area contributed by atoms with Crippen LogP contribution in [0.15, 0.2) is 0 Å². The Morgan fingerprint density at radius 2 is 2.19 bits per heavy atom. The summed E-state index contributed by atoms with van der Waals surface area (Å²) in [4.78, 5) is 11.7. The molecule has 0 aromatic carbocycles. The highest BCUT2D eigenvalue weighted by Gasteiger charge is 2.41. The molecule has 1 rings (SSSR count). The lowest BCUT2D eigenvalue weighted by Gasteiger charge is -2.29. The monoisotopic (exact) mass is 231 g/mol. The van der Waals surface area contributed by atoms with E-state index in [9.17, 15) is 9.18 Å². The molecule has 4 heteroatoms. The molecule has 0 spiro atoms. The first-order valence-corrected chi connectivity index (χ1v) is 5.75. The van der Waals surface area contributed by atoms with Crippen molar-refractivity contribution in [1.82, 2.24) is 5.32 Å². The van der Waals surface area contributed by atoms with Crippen LogP contribution in [-0.2, 0) is 9.53 Å². The van der Waals surface area contributed by atoms with Gasteiger partial charge in [0.15, 0.2) is 0 Å². The van der Waals surface area contributed by atoms with E-state index in [1.807, 2.05) is 27.7 Å². The Kier molecular flexibility index (Phi) is 3.94. The number of alkyl halides is 1. The lowest BCUT2D eigenvalue weighted by atomic mass is 9.78. The molecule has 3 nitrogen and oxygen atoms in total. The summed E-state index contributed by atoms with van der Waals surface area (Å²) >= 11 is 0. The number of rotatable bonds is 3. The third-order valence-corrected chi connectivity index (χ3v) is 3.06. The summed E-state index contributed by atoms with van der Waals surface area (Å²) in [5.41, 5.74) is -0.776. The third kappa shape index (κ3) is 3.44. The fraction of sp³-hybridized carbons (Fsp3) is 0.917. The van der Waals surface area contributed by atoms with E-state index in [-0.39, 0.29) is 30.4 Å². The Morgan fingerprint density at radius 1 is 1.56 bits per heavy atom. The van der Waals surface area contributed by atoms with Crippen LogP contribution >= 0.6 is 0 Å². The molecule has 0 aromatic rings. The normalized spacial score (nSPS) is 30.4. The maximum atomic E-state index is 12.8. The molecule has 1 fully saturated rings. The molecule has 0 unspecified atom stereocenters. The van der Waals surface area contributed by atoms with Crippen molar-refractivity contribution >= 4 is 5.97 Å². The molecule has 1 heterocycles. The maximum Gasteiger partial charge on any atom is 0.306 e. The van der Waals surface area contributed by atoms with Gasteiger partial charge in [0.2, 0.25) is 0 Å². The van der Waals surface area contributed by atoms with Crippen molar-refractivity contribution in [1.29, 1.82) is 0 Å². The average Bonchev–Trinajstić information content (AvgIpc) is 2.42. The van der Waals surface area contributed by atoms with Gasteiger partial charge in [0.05, 0.1) is 13.1 Å². The number of esters is 1. The highest BCUT2D eigenvalue weighted by Crippen LogP contribution is 2.35. The largest absolute Gasteiger partial charge is 0.460 e. The van der Waals surface area contributed by atoms with E-state index in [0.29, 0.717) is 13.1 Å². The molecule has 0 saturated carbocycles. The zero-order valence-electron chi connectivity index (χ0n) is 10.6. The van der Waals surface area contributed by atoms with Crippen LogP contribution in [0.25, 0.3) is 0 Å². The van der Waals surface area contributed by atoms with Crippen LogP contribution in [0, 0.1) is 11.3 Å². The molecule has 0 amide bonds. The highest BCUT2D eigenvalue weighted by molar-refractivity contribution is 5.70. The van der Waals surface area contributed by atoms with Crippen LogP contribution < -0.4 is 5.32 Å². The van der Waals surface area contributed by atoms with Crippen LogP contribution in [0.4, 0.5) is 4.39 Å². The zero-order valence-corrected chi connectivity index (χ0v) is 10.6. The van der Waals surface area contributed by atoms with Gasteiger partial charge in [0, 0.05) is 19.0 Å². The summed E-state index contributed by atoms with van der Waals surface area (Å²) in [5, 5.41) is 3.13. The minimum absolute atomic E-state index is 0.0833. The van der Waals surface area contributed by atoms with Crippen molar-refractivity contribution < 1.29 is 13.9 Å². The van der Waals surface area contributed by atoms with Crippen molar-refractivity contribution in [2.24, 2.45) is 11.3 Å². The SMILES string of the molecule is CC(C)(C)OC(=O)C[C@]1(C)CNC[C@H]1CF. The van der Waals surface area contributed by atoms with Crippen LogP contribution in [0.1, 0.15) is 34.1 Å². The van der Waals surface area contributed by atoms with Crippen molar-refractivity contribution in [3.05, 3.63) is 0 Å². The van der Waals surface area contributed by atoms with Gasteiger partial charge in [0.25, 0.3) is 0 Å². The Balaban J connectivity index is 2.55. The second-order valence-corrected chi connectivity index (χ2v) is 5.90. The fourth-order valence-corrected chi connectivity index (χ4v) is 2.08. The molecule has 0 aromatic heterocycles.